The van der Waals surface area contributed by atoms with Gasteiger partial charge >= 0.3 is 0 Å². The second-order valence-electron chi connectivity index (χ2n) is 11.1. The van der Waals surface area contributed by atoms with Crippen molar-refractivity contribution in [2.75, 3.05) is 0 Å². The third kappa shape index (κ3) is 2.05. The summed E-state index contributed by atoms with van der Waals surface area (Å²) in [6, 6.07) is 0. The second kappa shape index (κ2) is 6.09. The Morgan fingerprint density at radius 3 is 1.22 bits per heavy atom. The van der Waals surface area contributed by atoms with Gasteiger partial charge in [-0.25, -0.2) is 0 Å². The molecule has 5 rings (SSSR count). The van der Waals surface area contributed by atoms with E-state index in [0.29, 0.717) is 0 Å². The van der Waals surface area contributed by atoms with Crippen molar-refractivity contribution in [3.8, 4) is 0 Å². The standard InChI is InChI=1S/C26H38Si/c1-15(2)27(16(3)4)25-17(5)19-11-7-9-13-21(19)23(25)24-22-14-10-8-12-20(22)18(6)26(24)27/h7-26H,1-6H3. The first-order chi connectivity index (χ1) is 12.9. The van der Waals surface area contributed by atoms with E-state index in [1.807, 2.05) is 0 Å². The summed E-state index contributed by atoms with van der Waals surface area (Å²) in [5, 5.41) is 0. The Labute approximate surface area is 167 Å². The van der Waals surface area contributed by atoms with Crippen LogP contribution in [0.2, 0.25) is 22.2 Å². The molecule has 1 saturated heterocycles. The van der Waals surface area contributed by atoms with Crippen LogP contribution in [0.5, 0.6) is 0 Å². The lowest BCUT2D eigenvalue weighted by atomic mass is 9.73. The quantitative estimate of drug-likeness (QED) is 0.444. The Morgan fingerprint density at radius 2 is 0.889 bits per heavy atom. The van der Waals surface area contributed by atoms with E-state index in [1.54, 1.807) is 0 Å². The van der Waals surface area contributed by atoms with Crippen molar-refractivity contribution in [3.63, 3.8) is 0 Å². The predicted molar refractivity (Wildman–Crippen MR) is 119 cm³/mol. The maximum absolute atomic E-state index is 2.64. The van der Waals surface area contributed by atoms with Gasteiger partial charge in [0, 0.05) is 0 Å². The molecule has 0 amide bonds. The highest BCUT2D eigenvalue weighted by Gasteiger charge is 2.74. The number of rotatable bonds is 2. The third-order valence-corrected chi connectivity index (χ3v) is 18.2. The molecule has 0 aromatic rings. The van der Waals surface area contributed by atoms with E-state index >= 15 is 0 Å². The molecule has 3 fully saturated rings. The maximum Gasteiger partial charge on any atom is 0.0661 e. The topological polar surface area (TPSA) is 0 Å². The third-order valence-electron chi connectivity index (χ3n) is 10.1. The van der Waals surface area contributed by atoms with Crippen LogP contribution in [0.3, 0.4) is 0 Å². The van der Waals surface area contributed by atoms with Crippen LogP contribution >= 0.6 is 0 Å². The smallest absolute Gasteiger partial charge is 0.0661 e. The van der Waals surface area contributed by atoms with Crippen LogP contribution < -0.4 is 0 Å². The number of allylic oxidation sites excluding steroid dienone is 8. The molecule has 2 saturated carbocycles. The maximum atomic E-state index is 2.64. The lowest BCUT2D eigenvalue weighted by Gasteiger charge is -2.49. The minimum Gasteiger partial charge on any atom is -0.0806 e. The van der Waals surface area contributed by atoms with Crippen molar-refractivity contribution >= 4 is 8.07 Å². The molecule has 27 heavy (non-hydrogen) atoms. The first kappa shape index (κ1) is 18.2. The summed E-state index contributed by atoms with van der Waals surface area (Å²) in [6.07, 6.45) is 19.8. The molecular weight excluding hydrogens is 340 g/mol. The SMILES string of the molecule is CC1C2C=CC=CC2C2C3C4C=CC=CC4C(C)C3[Si](C(C)C)(C(C)C)C12. The van der Waals surface area contributed by atoms with Gasteiger partial charge in [-0.1, -0.05) is 101 Å². The van der Waals surface area contributed by atoms with Gasteiger partial charge in [0.1, 0.15) is 0 Å². The zero-order chi connectivity index (χ0) is 19.1. The predicted octanol–water partition coefficient (Wildman–Crippen LogP) is 7.26. The zero-order valence-corrected chi connectivity index (χ0v) is 19.0. The fraction of sp³-hybridized carbons (Fsp3) is 0.692. The van der Waals surface area contributed by atoms with Crippen LogP contribution in [0, 0.1) is 47.3 Å². The van der Waals surface area contributed by atoms with Crippen LogP contribution in [-0.2, 0) is 0 Å². The summed E-state index contributed by atoms with van der Waals surface area (Å²) >= 11 is 0. The summed E-state index contributed by atoms with van der Waals surface area (Å²) in [4.78, 5) is 0. The summed E-state index contributed by atoms with van der Waals surface area (Å²) in [7, 11) is -1.49. The largest absolute Gasteiger partial charge is 0.0806 e. The van der Waals surface area contributed by atoms with Crippen molar-refractivity contribution in [2.45, 2.75) is 63.7 Å². The molecule has 1 heterocycles. The van der Waals surface area contributed by atoms with Crippen LogP contribution in [0.1, 0.15) is 41.5 Å². The first-order valence-electron chi connectivity index (χ1n) is 11.6. The van der Waals surface area contributed by atoms with Gasteiger partial charge in [0.25, 0.3) is 0 Å². The highest BCUT2D eigenvalue weighted by atomic mass is 28.3. The molecule has 146 valence electrons. The van der Waals surface area contributed by atoms with Crippen molar-refractivity contribution in [2.24, 2.45) is 47.3 Å². The Kier molecular flexibility index (Phi) is 4.11. The molecular formula is C26H38Si. The van der Waals surface area contributed by atoms with Crippen LogP contribution in [0.15, 0.2) is 48.6 Å². The van der Waals surface area contributed by atoms with Gasteiger partial charge in [-0.05, 0) is 58.4 Å². The average molecular weight is 379 g/mol. The molecule has 0 spiro atoms. The molecule has 1 aliphatic heterocycles. The minimum atomic E-state index is -1.49. The highest BCUT2D eigenvalue weighted by molar-refractivity contribution is 6.86. The molecule has 10 unspecified atom stereocenters. The Morgan fingerprint density at radius 1 is 0.556 bits per heavy atom. The van der Waals surface area contributed by atoms with Gasteiger partial charge in [0.2, 0.25) is 0 Å². The fourth-order valence-corrected chi connectivity index (χ4v) is 19.1. The van der Waals surface area contributed by atoms with Gasteiger partial charge in [-0.15, -0.1) is 0 Å². The summed E-state index contributed by atoms with van der Waals surface area (Å²) in [5.41, 5.74) is 3.81. The lowest BCUT2D eigenvalue weighted by Crippen LogP contribution is -2.50. The average Bonchev–Trinajstić information content (AvgIpc) is 3.23. The van der Waals surface area contributed by atoms with E-state index in [-0.39, 0.29) is 0 Å². The van der Waals surface area contributed by atoms with Crippen molar-refractivity contribution in [3.05, 3.63) is 48.6 Å². The molecule has 4 aliphatic carbocycles. The highest BCUT2D eigenvalue weighted by Crippen LogP contribution is 2.78. The Hall–Kier alpha value is -0.823. The van der Waals surface area contributed by atoms with E-state index in [2.05, 4.69) is 90.2 Å². The molecule has 0 bridgehead atoms. The monoisotopic (exact) mass is 378 g/mol. The number of hydrogen-bond donors (Lipinski definition) is 0. The first-order valence-corrected chi connectivity index (χ1v) is 13.9. The van der Waals surface area contributed by atoms with Crippen molar-refractivity contribution in [1.82, 2.24) is 0 Å². The minimum absolute atomic E-state index is 0.799. The molecule has 5 aliphatic rings. The molecule has 10 atom stereocenters. The van der Waals surface area contributed by atoms with Gasteiger partial charge in [0.15, 0.2) is 0 Å². The number of hydrogen-bond acceptors (Lipinski definition) is 0. The number of fused-ring (bicyclic) bond motifs is 7. The molecule has 0 aromatic carbocycles. The van der Waals surface area contributed by atoms with E-state index in [9.17, 15) is 0 Å². The van der Waals surface area contributed by atoms with E-state index < -0.39 is 8.07 Å². The second-order valence-corrected chi connectivity index (χ2v) is 16.7. The zero-order valence-electron chi connectivity index (χ0n) is 18.0. The fourth-order valence-electron chi connectivity index (χ4n) is 9.76. The summed E-state index contributed by atoms with van der Waals surface area (Å²) in [6.45, 7) is 15.7. The van der Waals surface area contributed by atoms with Gasteiger partial charge in [-0.3, -0.25) is 0 Å². The summed E-state index contributed by atoms with van der Waals surface area (Å²) in [5.74, 6) is 6.82. The summed E-state index contributed by atoms with van der Waals surface area (Å²) < 4.78 is 0. The van der Waals surface area contributed by atoms with E-state index in [4.69, 9.17) is 0 Å². The van der Waals surface area contributed by atoms with Crippen LogP contribution in [0.25, 0.3) is 0 Å². The van der Waals surface area contributed by atoms with Crippen LogP contribution in [-0.4, -0.2) is 8.07 Å². The van der Waals surface area contributed by atoms with Gasteiger partial charge < -0.3 is 0 Å². The molecule has 1 heteroatoms. The van der Waals surface area contributed by atoms with E-state index in [1.165, 1.54) is 0 Å². The van der Waals surface area contributed by atoms with Gasteiger partial charge in [-0.2, -0.15) is 0 Å². The lowest BCUT2D eigenvalue weighted by molar-refractivity contribution is 0.258. The van der Waals surface area contributed by atoms with E-state index in [0.717, 1.165) is 69.5 Å². The molecule has 0 nitrogen and oxygen atoms in total. The molecule has 0 radical (unpaired) electrons. The molecule has 0 aromatic heterocycles. The molecule has 0 N–H and O–H groups in total. The van der Waals surface area contributed by atoms with Gasteiger partial charge in [0.05, 0.1) is 8.07 Å². The van der Waals surface area contributed by atoms with Crippen molar-refractivity contribution < 1.29 is 0 Å². The Balaban J connectivity index is 1.72. The van der Waals surface area contributed by atoms with Crippen molar-refractivity contribution in [1.29, 1.82) is 0 Å². The Bertz CT molecular complexity index is 660. The van der Waals surface area contributed by atoms with Crippen LogP contribution in [0.4, 0.5) is 0 Å². The normalized spacial score (nSPS) is 51.0.